The molecule has 4 rings (SSSR count). The number of amides is 1. The predicted molar refractivity (Wildman–Crippen MR) is 129 cm³/mol. The van der Waals surface area contributed by atoms with E-state index in [0.29, 0.717) is 12.1 Å². The van der Waals surface area contributed by atoms with E-state index in [2.05, 4.69) is 15.4 Å². The lowest BCUT2D eigenvalue weighted by Gasteiger charge is -2.42. The number of nitrogens with zero attached hydrogens (tertiary/aromatic N) is 5. The molecule has 0 spiro atoms. The monoisotopic (exact) mass is 609 g/mol. The number of ether oxygens (including phenoxy) is 1. The molecule has 0 aliphatic carbocycles. The van der Waals surface area contributed by atoms with Crippen molar-refractivity contribution in [1.82, 2.24) is 20.2 Å². The maximum Gasteiger partial charge on any atom is 0.416 e. The van der Waals surface area contributed by atoms with Crippen LogP contribution >= 0.6 is 0 Å². The average molecular weight is 609 g/mol. The first-order valence-electron chi connectivity index (χ1n) is 12.7. The highest BCUT2D eigenvalue weighted by Crippen LogP contribution is 2.51. The van der Waals surface area contributed by atoms with Crippen LogP contribution in [0.25, 0.3) is 0 Å². The van der Waals surface area contributed by atoms with E-state index in [9.17, 15) is 44.3 Å². The predicted octanol–water partition coefficient (Wildman–Crippen LogP) is 7.33. The van der Waals surface area contributed by atoms with Crippen molar-refractivity contribution in [1.29, 1.82) is 0 Å². The van der Waals surface area contributed by atoms with E-state index < -0.39 is 64.8 Å². The van der Waals surface area contributed by atoms with Crippen LogP contribution in [-0.2, 0) is 30.3 Å². The zero-order valence-electron chi connectivity index (χ0n) is 22.3. The SMILES string of the molecule is CCOC(=O)N1c2ccc(C(F)(F)F)cc2C(C(c2cc(C(F)(F)F)cc(C(F)(F)F)c2)c2nnn(C)n2)CC1CC. The molecular formula is C26H24F9N5O2. The molecule has 3 atom stereocenters. The van der Waals surface area contributed by atoms with Gasteiger partial charge in [0.2, 0.25) is 0 Å². The summed E-state index contributed by atoms with van der Waals surface area (Å²) in [6.07, 6.45) is -16.0. The normalized spacial score (nSPS) is 18.5. The molecule has 1 aromatic heterocycles. The molecule has 0 fully saturated rings. The molecule has 0 N–H and O–H groups in total. The van der Waals surface area contributed by atoms with Crippen LogP contribution in [0, 0.1) is 0 Å². The van der Waals surface area contributed by atoms with Crippen LogP contribution in [0.4, 0.5) is 50.0 Å². The van der Waals surface area contributed by atoms with E-state index in [1.54, 1.807) is 6.92 Å². The standard InChI is InChI=1S/C26H24F9N5O2/c1-4-17-12-19(18-11-14(24(27,28)29)6-7-20(18)40(17)23(41)42-5-2)21(22-36-38-39(3)37-22)13-8-15(25(30,31)32)10-16(9-13)26(33,34)35/h6-11,17,19,21H,4-5,12H2,1-3H3. The number of hydrogen-bond acceptors (Lipinski definition) is 5. The van der Waals surface area contributed by atoms with Gasteiger partial charge in [0.25, 0.3) is 0 Å². The number of halogens is 9. The summed E-state index contributed by atoms with van der Waals surface area (Å²) >= 11 is 0. The summed E-state index contributed by atoms with van der Waals surface area (Å²) in [5, 5.41) is 11.5. The summed E-state index contributed by atoms with van der Waals surface area (Å²) < 4.78 is 129. The average Bonchev–Trinajstić information content (AvgIpc) is 3.32. The third-order valence-electron chi connectivity index (χ3n) is 7.01. The summed E-state index contributed by atoms with van der Waals surface area (Å²) in [5.74, 6) is -3.02. The minimum Gasteiger partial charge on any atom is -0.449 e. The lowest BCUT2D eigenvalue weighted by Crippen LogP contribution is -2.46. The van der Waals surface area contributed by atoms with Crippen molar-refractivity contribution in [2.45, 2.75) is 63.1 Å². The summed E-state index contributed by atoms with van der Waals surface area (Å²) in [6.45, 7) is 3.15. The Kier molecular flexibility index (Phi) is 8.21. The van der Waals surface area contributed by atoms with Crippen LogP contribution in [0.2, 0.25) is 0 Å². The Labute approximate surface area is 233 Å². The van der Waals surface area contributed by atoms with Crippen molar-refractivity contribution in [3.63, 3.8) is 0 Å². The molecule has 7 nitrogen and oxygen atoms in total. The third-order valence-corrected chi connectivity index (χ3v) is 7.01. The van der Waals surface area contributed by atoms with Gasteiger partial charge in [0.05, 0.1) is 42.0 Å². The summed E-state index contributed by atoms with van der Waals surface area (Å²) in [6, 6.07) is 2.73. The Bertz CT molecular complexity index is 1420. The third kappa shape index (κ3) is 6.16. The van der Waals surface area contributed by atoms with Crippen LogP contribution < -0.4 is 4.90 Å². The van der Waals surface area contributed by atoms with E-state index >= 15 is 0 Å². The fourth-order valence-electron chi connectivity index (χ4n) is 5.22. The molecule has 1 aliphatic rings. The minimum absolute atomic E-state index is 0.0264. The Morgan fingerprint density at radius 2 is 1.52 bits per heavy atom. The molecular weight excluding hydrogens is 585 g/mol. The lowest BCUT2D eigenvalue weighted by molar-refractivity contribution is -0.143. The molecule has 1 aliphatic heterocycles. The highest BCUT2D eigenvalue weighted by molar-refractivity contribution is 5.90. The largest absolute Gasteiger partial charge is 0.449 e. The van der Waals surface area contributed by atoms with Crippen LogP contribution in [0.1, 0.15) is 72.2 Å². The van der Waals surface area contributed by atoms with Gasteiger partial charge in [-0.15, -0.1) is 10.2 Å². The van der Waals surface area contributed by atoms with Gasteiger partial charge in [-0.3, -0.25) is 4.90 Å². The van der Waals surface area contributed by atoms with Crippen molar-refractivity contribution in [3.8, 4) is 0 Å². The van der Waals surface area contributed by atoms with Crippen LogP contribution in [-0.4, -0.2) is 38.9 Å². The number of aryl methyl sites for hydroxylation is 1. The Balaban J connectivity index is 2.04. The van der Waals surface area contributed by atoms with E-state index in [4.69, 9.17) is 4.74 Å². The molecule has 2 aromatic carbocycles. The number of hydrogen-bond donors (Lipinski definition) is 0. The molecule has 3 unspecified atom stereocenters. The number of tetrazole rings is 1. The molecule has 3 aromatic rings. The van der Waals surface area contributed by atoms with Gasteiger partial charge in [-0.25, -0.2) is 4.79 Å². The van der Waals surface area contributed by atoms with E-state index in [1.807, 2.05) is 0 Å². The second kappa shape index (κ2) is 11.1. The van der Waals surface area contributed by atoms with Crippen LogP contribution in [0.3, 0.4) is 0 Å². The van der Waals surface area contributed by atoms with Gasteiger partial charge >= 0.3 is 24.6 Å². The van der Waals surface area contributed by atoms with Gasteiger partial charge in [-0.05, 0) is 72.5 Å². The van der Waals surface area contributed by atoms with Gasteiger partial charge in [-0.1, -0.05) is 6.92 Å². The molecule has 0 saturated heterocycles. The number of rotatable bonds is 5. The number of aromatic nitrogens is 4. The highest BCUT2D eigenvalue weighted by Gasteiger charge is 2.45. The number of alkyl halides is 9. The molecule has 2 heterocycles. The van der Waals surface area contributed by atoms with Crippen molar-refractivity contribution in [3.05, 3.63) is 70.0 Å². The molecule has 228 valence electrons. The van der Waals surface area contributed by atoms with Crippen molar-refractivity contribution < 1.29 is 49.0 Å². The highest BCUT2D eigenvalue weighted by atomic mass is 19.4. The topological polar surface area (TPSA) is 73.1 Å². The van der Waals surface area contributed by atoms with E-state index in [1.165, 1.54) is 14.0 Å². The fourth-order valence-corrected chi connectivity index (χ4v) is 5.22. The van der Waals surface area contributed by atoms with Gasteiger partial charge in [0.15, 0.2) is 5.82 Å². The number of carbonyl (C=O) groups is 1. The molecule has 42 heavy (non-hydrogen) atoms. The first kappa shape index (κ1) is 31.1. The number of benzene rings is 2. The summed E-state index contributed by atoms with van der Waals surface area (Å²) in [7, 11) is 1.31. The molecule has 16 heteroatoms. The second-order valence-electron chi connectivity index (χ2n) is 9.70. The Morgan fingerprint density at radius 1 is 0.929 bits per heavy atom. The van der Waals surface area contributed by atoms with Gasteiger partial charge in [0, 0.05) is 12.0 Å². The van der Waals surface area contributed by atoms with Crippen molar-refractivity contribution in [2.75, 3.05) is 11.5 Å². The maximum absolute atomic E-state index is 13.8. The zero-order chi connectivity index (χ0) is 31.2. The summed E-state index contributed by atoms with van der Waals surface area (Å²) in [4.78, 5) is 15.0. The Morgan fingerprint density at radius 3 is 2.00 bits per heavy atom. The first-order chi connectivity index (χ1) is 19.5. The van der Waals surface area contributed by atoms with Gasteiger partial charge in [-0.2, -0.15) is 44.3 Å². The smallest absolute Gasteiger partial charge is 0.416 e. The fraction of sp³-hybridized carbons (Fsp3) is 0.462. The van der Waals surface area contributed by atoms with Crippen LogP contribution in [0.15, 0.2) is 36.4 Å². The number of fused-ring (bicyclic) bond motifs is 1. The summed E-state index contributed by atoms with van der Waals surface area (Å²) in [5.41, 5.74) is -5.05. The number of anilines is 1. The van der Waals surface area contributed by atoms with Crippen LogP contribution in [0.5, 0.6) is 0 Å². The molecule has 0 saturated carbocycles. The van der Waals surface area contributed by atoms with E-state index in [0.717, 1.165) is 27.9 Å². The first-order valence-corrected chi connectivity index (χ1v) is 12.7. The minimum atomic E-state index is -5.18. The van der Waals surface area contributed by atoms with Crippen molar-refractivity contribution in [2.24, 2.45) is 7.05 Å². The second-order valence-corrected chi connectivity index (χ2v) is 9.70. The number of carbonyl (C=O) groups excluding carboxylic acids is 1. The Hall–Kier alpha value is -3.85. The molecule has 0 bridgehead atoms. The molecule has 1 amide bonds. The van der Waals surface area contributed by atoms with E-state index in [-0.39, 0.29) is 42.6 Å². The quantitative estimate of drug-likeness (QED) is 0.284. The van der Waals surface area contributed by atoms with Gasteiger partial charge < -0.3 is 4.74 Å². The molecule has 0 radical (unpaired) electrons. The zero-order valence-corrected chi connectivity index (χ0v) is 22.3. The van der Waals surface area contributed by atoms with Crippen molar-refractivity contribution >= 4 is 11.8 Å². The lowest BCUT2D eigenvalue weighted by atomic mass is 9.73. The van der Waals surface area contributed by atoms with Gasteiger partial charge in [0.1, 0.15) is 0 Å². The maximum atomic E-state index is 13.8.